The Labute approximate surface area is 201 Å². The Morgan fingerprint density at radius 1 is 1.12 bits per heavy atom. The molecule has 0 amide bonds. The molecule has 4 aromatic rings. The number of aryl methyl sites for hydroxylation is 1. The zero-order valence-corrected chi connectivity index (χ0v) is 19.7. The molecule has 174 valence electrons. The summed E-state index contributed by atoms with van der Waals surface area (Å²) in [5, 5.41) is 4.86. The molecular formula is C25H24ClFN6O. The molecule has 0 radical (unpaired) electrons. The fraction of sp³-hybridized carbons (Fsp3) is 0.400. The average molecular weight is 479 g/mol. The van der Waals surface area contributed by atoms with Crippen molar-refractivity contribution in [1.29, 1.82) is 0 Å². The predicted molar refractivity (Wildman–Crippen MR) is 126 cm³/mol. The first-order valence-corrected chi connectivity index (χ1v) is 12.0. The third kappa shape index (κ3) is 4.05. The van der Waals surface area contributed by atoms with E-state index >= 15 is 0 Å². The van der Waals surface area contributed by atoms with Gasteiger partial charge in [-0.15, -0.1) is 0 Å². The smallest absolute Gasteiger partial charge is 0.182 e. The van der Waals surface area contributed by atoms with Crippen LogP contribution >= 0.6 is 11.6 Å². The summed E-state index contributed by atoms with van der Waals surface area (Å²) in [5.74, 6) is 0.205. The summed E-state index contributed by atoms with van der Waals surface area (Å²) in [6.07, 6.45) is 9.42. The van der Waals surface area contributed by atoms with Crippen LogP contribution in [0.4, 0.5) is 4.39 Å². The summed E-state index contributed by atoms with van der Waals surface area (Å²) >= 11 is 5.99. The van der Waals surface area contributed by atoms with Crippen molar-refractivity contribution >= 4 is 22.8 Å². The molecule has 1 aromatic carbocycles. The van der Waals surface area contributed by atoms with Crippen molar-refractivity contribution in [2.24, 2.45) is 0 Å². The van der Waals surface area contributed by atoms with E-state index in [4.69, 9.17) is 26.3 Å². The molecule has 0 bridgehead atoms. The lowest BCUT2D eigenvalue weighted by Gasteiger charge is -2.33. The van der Waals surface area contributed by atoms with Crippen LogP contribution in [0.2, 0.25) is 5.02 Å². The van der Waals surface area contributed by atoms with Gasteiger partial charge in [-0.3, -0.25) is 4.68 Å². The van der Waals surface area contributed by atoms with Gasteiger partial charge < -0.3 is 4.74 Å². The van der Waals surface area contributed by atoms with E-state index in [2.05, 4.69) is 28.2 Å². The van der Waals surface area contributed by atoms with E-state index in [1.54, 1.807) is 18.3 Å². The largest absolute Gasteiger partial charge is 0.370 e. The number of fused-ring (bicyclic) bond motifs is 1. The van der Waals surface area contributed by atoms with Crippen LogP contribution in [0, 0.1) is 12.7 Å². The number of aromatic nitrogens is 6. The highest BCUT2D eigenvalue weighted by atomic mass is 35.5. The quantitative estimate of drug-likeness (QED) is 0.372. The number of benzene rings is 1. The van der Waals surface area contributed by atoms with Crippen LogP contribution in [0.15, 0.2) is 36.8 Å². The van der Waals surface area contributed by atoms with Crippen molar-refractivity contribution in [3.63, 3.8) is 0 Å². The van der Waals surface area contributed by atoms with E-state index < -0.39 is 5.82 Å². The second-order valence-corrected chi connectivity index (χ2v) is 9.76. The number of hydrogen-bond donors (Lipinski definition) is 0. The summed E-state index contributed by atoms with van der Waals surface area (Å²) in [4.78, 5) is 18.7. The Morgan fingerprint density at radius 2 is 1.97 bits per heavy atom. The van der Waals surface area contributed by atoms with E-state index in [1.165, 1.54) is 18.9 Å². The molecule has 34 heavy (non-hydrogen) atoms. The zero-order valence-electron chi connectivity index (χ0n) is 18.9. The lowest BCUT2D eigenvalue weighted by molar-refractivity contribution is -0.0511. The summed E-state index contributed by atoms with van der Waals surface area (Å²) in [7, 11) is 0. The number of rotatable bonds is 4. The van der Waals surface area contributed by atoms with Crippen LogP contribution in [-0.2, 0) is 4.74 Å². The normalized spacial score (nSPS) is 22.9. The molecule has 0 N–H and O–H groups in total. The van der Waals surface area contributed by atoms with Crippen molar-refractivity contribution in [3.05, 3.63) is 64.7 Å². The van der Waals surface area contributed by atoms with E-state index in [0.29, 0.717) is 45.7 Å². The number of halogens is 2. The van der Waals surface area contributed by atoms with Crippen molar-refractivity contribution < 1.29 is 9.13 Å². The summed E-state index contributed by atoms with van der Waals surface area (Å²) in [6, 6.07) is 5.09. The third-order valence-corrected chi connectivity index (χ3v) is 6.76. The molecule has 0 spiro atoms. The lowest BCUT2D eigenvalue weighted by Crippen LogP contribution is -2.26. The molecule has 1 aliphatic carbocycles. The highest BCUT2D eigenvalue weighted by Gasteiger charge is 2.33. The van der Waals surface area contributed by atoms with Gasteiger partial charge in [0.05, 0.1) is 30.1 Å². The standard InChI is InChI=1S/C25H24ClFN6O/c1-13-10-28-23-22(19-6-3-17(26)9-20(19)27)31-24(32-25(23)30-13)15-7-14(2)34-21(8-15)16-11-29-33(12-16)18-4-5-18/h3,6,9-12,14-15,18,21H,4-5,7-8H2,1-2H3/t14-,15-,21-/m0/s1. The van der Waals surface area contributed by atoms with Crippen molar-refractivity contribution in [2.75, 3.05) is 0 Å². The van der Waals surface area contributed by atoms with Gasteiger partial charge in [0.15, 0.2) is 5.65 Å². The first kappa shape index (κ1) is 21.6. The van der Waals surface area contributed by atoms with Crippen LogP contribution in [0.5, 0.6) is 0 Å². The first-order chi connectivity index (χ1) is 16.4. The maximum Gasteiger partial charge on any atom is 0.182 e. The molecule has 3 atom stereocenters. The fourth-order valence-corrected chi connectivity index (χ4v) is 4.85. The van der Waals surface area contributed by atoms with Crippen LogP contribution in [0.25, 0.3) is 22.4 Å². The van der Waals surface area contributed by atoms with Crippen LogP contribution < -0.4 is 0 Å². The molecule has 1 aliphatic heterocycles. The van der Waals surface area contributed by atoms with E-state index in [9.17, 15) is 4.39 Å². The Hall–Kier alpha value is -2.97. The Morgan fingerprint density at radius 3 is 2.76 bits per heavy atom. The fourth-order valence-electron chi connectivity index (χ4n) is 4.69. The molecule has 3 aromatic heterocycles. The molecule has 1 saturated carbocycles. The van der Waals surface area contributed by atoms with Gasteiger partial charge in [-0.25, -0.2) is 24.3 Å². The molecule has 2 fully saturated rings. The van der Waals surface area contributed by atoms with Crippen LogP contribution in [0.3, 0.4) is 0 Å². The van der Waals surface area contributed by atoms with Gasteiger partial charge >= 0.3 is 0 Å². The van der Waals surface area contributed by atoms with Crippen LogP contribution in [-0.4, -0.2) is 35.8 Å². The molecule has 9 heteroatoms. The minimum absolute atomic E-state index is 0.0200. The van der Waals surface area contributed by atoms with Gasteiger partial charge in [0.2, 0.25) is 0 Å². The molecule has 6 rings (SSSR count). The zero-order chi connectivity index (χ0) is 23.4. The highest BCUT2D eigenvalue weighted by Crippen LogP contribution is 2.41. The minimum Gasteiger partial charge on any atom is -0.370 e. The summed E-state index contributed by atoms with van der Waals surface area (Å²) in [5.41, 5.74) is 3.51. The summed E-state index contributed by atoms with van der Waals surface area (Å²) < 4.78 is 23.2. The van der Waals surface area contributed by atoms with Gasteiger partial charge in [-0.2, -0.15) is 5.10 Å². The second kappa shape index (κ2) is 8.36. The van der Waals surface area contributed by atoms with Gasteiger partial charge in [0.25, 0.3) is 0 Å². The molecular weight excluding hydrogens is 455 g/mol. The first-order valence-electron chi connectivity index (χ1n) is 11.6. The predicted octanol–water partition coefficient (Wildman–Crippen LogP) is 5.74. The molecule has 2 aliphatic rings. The second-order valence-electron chi connectivity index (χ2n) is 9.33. The molecule has 1 saturated heterocycles. The number of hydrogen-bond acceptors (Lipinski definition) is 6. The monoisotopic (exact) mass is 478 g/mol. The van der Waals surface area contributed by atoms with Crippen molar-refractivity contribution in [2.45, 2.75) is 63.7 Å². The number of nitrogens with zero attached hydrogens (tertiary/aromatic N) is 6. The van der Waals surface area contributed by atoms with Gasteiger partial charge in [-0.05, 0) is 57.7 Å². The van der Waals surface area contributed by atoms with Gasteiger partial charge in [-0.1, -0.05) is 11.6 Å². The van der Waals surface area contributed by atoms with Crippen molar-refractivity contribution in [1.82, 2.24) is 29.7 Å². The minimum atomic E-state index is -0.452. The van der Waals surface area contributed by atoms with E-state index in [1.807, 2.05) is 17.8 Å². The summed E-state index contributed by atoms with van der Waals surface area (Å²) in [6.45, 7) is 3.93. The van der Waals surface area contributed by atoms with E-state index in [0.717, 1.165) is 17.7 Å². The average Bonchev–Trinajstić information content (AvgIpc) is 3.54. The van der Waals surface area contributed by atoms with Gasteiger partial charge in [0.1, 0.15) is 22.9 Å². The maximum atomic E-state index is 14.9. The Bertz CT molecular complexity index is 1390. The van der Waals surface area contributed by atoms with Crippen molar-refractivity contribution in [3.8, 4) is 11.3 Å². The Balaban J connectivity index is 1.41. The van der Waals surface area contributed by atoms with Gasteiger partial charge in [0, 0.05) is 34.5 Å². The highest BCUT2D eigenvalue weighted by molar-refractivity contribution is 6.30. The SMILES string of the molecule is Cc1cnc2c(-c3ccc(Cl)cc3F)nc([C@@H]3C[C@@H](c4cnn(C5CC5)c4)O[C@@H](C)C3)nc2n1. The topological polar surface area (TPSA) is 78.6 Å². The Kier molecular flexibility index (Phi) is 5.30. The third-order valence-electron chi connectivity index (χ3n) is 6.52. The molecule has 0 unspecified atom stereocenters. The lowest BCUT2D eigenvalue weighted by atomic mass is 9.89. The van der Waals surface area contributed by atoms with E-state index in [-0.39, 0.29) is 18.1 Å². The molecule has 7 nitrogen and oxygen atoms in total. The maximum absolute atomic E-state index is 14.9. The molecule has 4 heterocycles. The van der Waals surface area contributed by atoms with Crippen LogP contribution in [0.1, 0.15) is 67.8 Å². The number of ether oxygens (including phenoxy) is 1.